The molecule has 0 aliphatic heterocycles. The van der Waals surface area contributed by atoms with Crippen molar-refractivity contribution in [2.45, 2.75) is 6.92 Å². The second-order valence-corrected chi connectivity index (χ2v) is 4.35. The van der Waals surface area contributed by atoms with E-state index in [-0.39, 0.29) is 11.7 Å². The van der Waals surface area contributed by atoms with Crippen LogP contribution in [-0.4, -0.2) is 30.7 Å². The fourth-order valence-electron chi connectivity index (χ4n) is 1.22. The van der Waals surface area contributed by atoms with E-state index >= 15 is 0 Å². The summed E-state index contributed by atoms with van der Waals surface area (Å²) in [5, 5.41) is 2.73. The molecule has 0 atom stereocenters. The molecule has 0 spiro atoms. The van der Waals surface area contributed by atoms with Crippen LogP contribution in [0.15, 0.2) is 24.3 Å². The van der Waals surface area contributed by atoms with Gasteiger partial charge in [0.05, 0.1) is 19.0 Å². The minimum absolute atomic E-state index is 0.118. The fourth-order valence-corrected chi connectivity index (χ4v) is 1.73. The number of amides is 1. The summed E-state index contributed by atoms with van der Waals surface area (Å²) in [5.41, 5.74) is 0.722. The van der Waals surface area contributed by atoms with Crippen molar-refractivity contribution in [2.24, 2.45) is 0 Å². The highest BCUT2D eigenvalue weighted by molar-refractivity contribution is 7.99. The molecule has 0 heterocycles. The van der Waals surface area contributed by atoms with Crippen LogP contribution >= 0.6 is 11.8 Å². The first-order valence-electron chi connectivity index (χ1n) is 5.42. The second-order valence-electron chi connectivity index (χ2n) is 3.25. The van der Waals surface area contributed by atoms with Crippen molar-refractivity contribution < 1.29 is 13.9 Å². The van der Waals surface area contributed by atoms with Gasteiger partial charge in [0.2, 0.25) is 5.91 Å². The Bertz CT molecular complexity index is 343. The van der Waals surface area contributed by atoms with Crippen molar-refractivity contribution in [1.82, 2.24) is 0 Å². The lowest BCUT2D eigenvalue weighted by molar-refractivity contribution is -0.113. The van der Waals surface area contributed by atoms with Crippen LogP contribution in [-0.2, 0) is 4.79 Å². The Labute approximate surface area is 105 Å². The van der Waals surface area contributed by atoms with Crippen molar-refractivity contribution in [1.29, 1.82) is 0 Å². The zero-order valence-corrected chi connectivity index (χ0v) is 10.6. The van der Waals surface area contributed by atoms with E-state index in [0.717, 1.165) is 11.4 Å². The topological polar surface area (TPSA) is 38.3 Å². The number of hydrogen-bond acceptors (Lipinski definition) is 3. The number of halogens is 1. The van der Waals surface area contributed by atoms with E-state index in [0.29, 0.717) is 12.4 Å². The Morgan fingerprint density at radius 2 is 2.12 bits per heavy atom. The first-order chi connectivity index (χ1) is 8.26. The third-order valence-electron chi connectivity index (χ3n) is 1.90. The molecule has 1 N–H and O–H groups in total. The van der Waals surface area contributed by atoms with Gasteiger partial charge < -0.3 is 10.1 Å². The first kappa shape index (κ1) is 13.8. The number of ether oxygens (including phenoxy) is 1. The molecule has 5 heteroatoms. The van der Waals surface area contributed by atoms with Crippen LogP contribution in [0.3, 0.4) is 0 Å². The van der Waals surface area contributed by atoms with Gasteiger partial charge in [-0.15, -0.1) is 11.8 Å². The molecule has 0 aliphatic rings. The molecule has 3 nitrogen and oxygen atoms in total. The second kappa shape index (κ2) is 7.95. The lowest BCUT2D eigenvalue weighted by Crippen LogP contribution is -2.14. The van der Waals surface area contributed by atoms with Crippen LogP contribution in [0.4, 0.5) is 10.1 Å². The monoisotopic (exact) mass is 257 g/mol. The average Bonchev–Trinajstić information content (AvgIpc) is 2.32. The summed E-state index contributed by atoms with van der Waals surface area (Å²) in [5.74, 6) is 1.29. The molecule has 0 aliphatic carbocycles. The predicted octanol–water partition coefficient (Wildman–Crippen LogP) is 2.73. The van der Waals surface area contributed by atoms with E-state index in [1.54, 1.807) is 24.3 Å². The Morgan fingerprint density at radius 3 is 2.71 bits per heavy atom. The standard InChI is InChI=1S/C12H16FNO2S/c1-2-16-11-5-3-10(4-6-11)14-12(15)9-17-8-7-13/h3-6H,2,7-9H2,1H3,(H,14,15). The summed E-state index contributed by atoms with van der Waals surface area (Å²) >= 11 is 1.28. The molecule has 1 amide bonds. The number of hydrogen-bond donors (Lipinski definition) is 1. The lowest BCUT2D eigenvalue weighted by Gasteiger charge is -2.06. The predicted molar refractivity (Wildman–Crippen MR) is 69.5 cm³/mol. The average molecular weight is 257 g/mol. The molecule has 1 rings (SSSR count). The van der Waals surface area contributed by atoms with Crippen LogP contribution in [0.2, 0.25) is 0 Å². The number of carbonyl (C=O) groups is 1. The van der Waals surface area contributed by atoms with Crippen molar-refractivity contribution in [3.8, 4) is 5.75 Å². The number of alkyl halides is 1. The van der Waals surface area contributed by atoms with Gasteiger partial charge in [-0.05, 0) is 31.2 Å². The van der Waals surface area contributed by atoms with Gasteiger partial charge in [0.1, 0.15) is 5.75 Å². The zero-order valence-electron chi connectivity index (χ0n) is 9.74. The number of carbonyl (C=O) groups excluding carboxylic acids is 1. The van der Waals surface area contributed by atoms with Gasteiger partial charge in [-0.1, -0.05) is 0 Å². The summed E-state index contributed by atoms with van der Waals surface area (Å²) < 4.78 is 17.1. The van der Waals surface area contributed by atoms with E-state index in [2.05, 4.69) is 5.32 Å². The molecule has 17 heavy (non-hydrogen) atoms. The van der Waals surface area contributed by atoms with Crippen molar-refractivity contribution in [3.05, 3.63) is 24.3 Å². The SMILES string of the molecule is CCOc1ccc(NC(=O)CSCCF)cc1. The molecular weight excluding hydrogens is 241 g/mol. The van der Waals surface area contributed by atoms with Gasteiger partial charge in [-0.3, -0.25) is 9.18 Å². The van der Waals surface area contributed by atoms with Crippen molar-refractivity contribution >= 4 is 23.4 Å². The van der Waals surface area contributed by atoms with Crippen molar-refractivity contribution in [3.63, 3.8) is 0 Å². The minimum atomic E-state index is -0.402. The third kappa shape index (κ3) is 5.58. The maximum atomic E-state index is 11.8. The Balaban J connectivity index is 2.37. The van der Waals surface area contributed by atoms with Crippen LogP contribution in [0.5, 0.6) is 5.75 Å². The van der Waals surface area contributed by atoms with Gasteiger partial charge in [0.15, 0.2) is 0 Å². The van der Waals surface area contributed by atoms with E-state index in [1.165, 1.54) is 11.8 Å². The van der Waals surface area contributed by atoms with Crippen LogP contribution in [0.1, 0.15) is 6.92 Å². The van der Waals surface area contributed by atoms with Gasteiger partial charge >= 0.3 is 0 Å². The van der Waals surface area contributed by atoms with Gasteiger partial charge in [-0.2, -0.15) is 0 Å². The largest absolute Gasteiger partial charge is 0.494 e. The van der Waals surface area contributed by atoms with E-state index in [1.807, 2.05) is 6.92 Å². The molecule has 0 unspecified atom stereocenters. The Morgan fingerprint density at radius 1 is 1.41 bits per heavy atom. The van der Waals surface area contributed by atoms with E-state index < -0.39 is 6.67 Å². The smallest absolute Gasteiger partial charge is 0.234 e. The molecule has 0 radical (unpaired) electrons. The maximum Gasteiger partial charge on any atom is 0.234 e. The number of thioether (sulfide) groups is 1. The number of benzene rings is 1. The highest BCUT2D eigenvalue weighted by Gasteiger charge is 2.02. The Hall–Kier alpha value is -1.23. The fraction of sp³-hybridized carbons (Fsp3) is 0.417. The van der Waals surface area contributed by atoms with E-state index in [9.17, 15) is 9.18 Å². The summed E-state index contributed by atoms with van der Waals surface area (Å²) in [7, 11) is 0. The third-order valence-corrected chi connectivity index (χ3v) is 2.81. The maximum absolute atomic E-state index is 11.8. The zero-order chi connectivity index (χ0) is 12.5. The number of anilines is 1. The summed E-state index contributed by atoms with van der Waals surface area (Å²) in [6.45, 7) is 2.13. The molecule has 1 aromatic rings. The van der Waals surface area contributed by atoms with Gasteiger partial charge in [0.25, 0.3) is 0 Å². The normalized spacial score (nSPS) is 10.0. The van der Waals surface area contributed by atoms with Gasteiger partial charge in [-0.25, -0.2) is 0 Å². The number of rotatable bonds is 7. The first-order valence-corrected chi connectivity index (χ1v) is 6.58. The summed E-state index contributed by atoms with van der Waals surface area (Å²) in [6, 6.07) is 7.16. The molecule has 0 aromatic heterocycles. The van der Waals surface area contributed by atoms with Crippen LogP contribution in [0.25, 0.3) is 0 Å². The highest BCUT2D eigenvalue weighted by atomic mass is 32.2. The molecule has 0 saturated heterocycles. The number of nitrogens with one attached hydrogen (secondary N) is 1. The highest BCUT2D eigenvalue weighted by Crippen LogP contribution is 2.15. The summed E-state index contributed by atoms with van der Waals surface area (Å²) in [6.07, 6.45) is 0. The van der Waals surface area contributed by atoms with Crippen LogP contribution < -0.4 is 10.1 Å². The Kier molecular flexibility index (Phi) is 6.47. The van der Waals surface area contributed by atoms with Gasteiger partial charge in [0, 0.05) is 11.4 Å². The molecule has 0 fully saturated rings. The molecule has 94 valence electrons. The van der Waals surface area contributed by atoms with Crippen LogP contribution in [0, 0.1) is 0 Å². The van der Waals surface area contributed by atoms with Crippen molar-refractivity contribution in [2.75, 3.05) is 30.1 Å². The molecule has 0 saturated carbocycles. The summed E-state index contributed by atoms with van der Waals surface area (Å²) in [4.78, 5) is 11.4. The molecule has 0 bridgehead atoms. The van der Waals surface area contributed by atoms with E-state index in [4.69, 9.17) is 4.74 Å². The molecular formula is C12H16FNO2S. The quantitative estimate of drug-likeness (QED) is 0.763. The minimum Gasteiger partial charge on any atom is -0.494 e. The lowest BCUT2D eigenvalue weighted by atomic mass is 10.3. The molecule has 1 aromatic carbocycles.